The summed E-state index contributed by atoms with van der Waals surface area (Å²) < 4.78 is 0. The fraction of sp³-hybridized carbons (Fsp3) is 0. The van der Waals surface area contributed by atoms with Crippen LogP contribution in [0, 0.1) is 0 Å². The summed E-state index contributed by atoms with van der Waals surface area (Å²) in [6, 6.07) is 100. The molecule has 340 valence electrons. The Balaban J connectivity index is 0.965. The second-order valence-corrected chi connectivity index (χ2v) is 20.2. The maximum absolute atomic E-state index is 2.44. The highest BCUT2D eigenvalue weighted by atomic mass is 14.3. The molecule has 0 bridgehead atoms. The van der Waals surface area contributed by atoms with E-state index < -0.39 is 0 Å². The molecule has 16 rings (SSSR count). The van der Waals surface area contributed by atoms with E-state index in [1.54, 1.807) is 0 Å². The number of fused-ring (bicyclic) bond motifs is 13. The predicted octanol–water partition coefficient (Wildman–Crippen LogP) is 21.0. The molecule has 0 saturated carbocycles. The van der Waals surface area contributed by atoms with Crippen LogP contribution in [0.15, 0.2) is 267 Å². The smallest absolute Gasteiger partial charge is 0.00199 e. The first-order valence-electron chi connectivity index (χ1n) is 25.8. The first-order valence-corrected chi connectivity index (χ1v) is 25.8. The van der Waals surface area contributed by atoms with Gasteiger partial charge in [0.1, 0.15) is 0 Å². The molecule has 0 aromatic heterocycles. The maximum Gasteiger partial charge on any atom is -0.00199 e. The van der Waals surface area contributed by atoms with Gasteiger partial charge in [-0.2, -0.15) is 0 Å². The van der Waals surface area contributed by atoms with Crippen molar-refractivity contribution in [2.45, 2.75) is 0 Å². The fourth-order valence-electron chi connectivity index (χ4n) is 13.1. The topological polar surface area (TPSA) is 0 Å². The van der Waals surface area contributed by atoms with Gasteiger partial charge in [-0.05, 0) is 199 Å². The Morgan fingerprint density at radius 1 is 0.122 bits per heavy atom. The summed E-state index contributed by atoms with van der Waals surface area (Å²) in [6.07, 6.45) is 0. The van der Waals surface area contributed by atoms with Crippen LogP contribution < -0.4 is 0 Å². The van der Waals surface area contributed by atoms with Gasteiger partial charge < -0.3 is 0 Å². The summed E-state index contributed by atoms with van der Waals surface area (Å²) in [7, 11) is 0. The van der Waals surface area contributed by atoms with Crippen LogP contribution in [-0.2, 0) is 0 Å². The van der Waals surface area contributed by atoms with Crippen molar-refractivity contribution in [3.05, 3.63) is 267 Å². The standard InChI is InChI=1S/C74H44/c1-3-21-47-41-67-65(39-45(47)19-1)51-25-7-5-23-49(51)43-69(67)73-59-33-15-11-29-55(59)71(56-30-12-16-34-60(56)73)63-37-38-64(54-28-10-9-27-53(54)63)72-57-31-13-17-35-61(57)74(62-36-18-14-32-58(62)72)70-44-50-24-6-8-26-52(50)66-40-46-20-2-4-22-48(46)42-68(66)70/h1-44H. The third-order valence-electron chi connectivity index (χ3n) is 16.3. The summed E-state index contributed by atoms with van der Waals surface area (Å²) >= 11 is 0. The molecule has 0 atom stereocenters. The Hall–Kier alpha value is -9.62. The van der Waals surface area contributed by atoms with Gasteiger partial charge >= 0.3 is 0 Å². The van der Waals surface area contributed by atoms with Crippen LogP contribution in [0.4, 0.5) is 0 Å². The molecule has 0 heteroatoms. The molecular formula is C74H44. The number of benzene rings is 16. The minimum atomic E-state index is 1.23. The van der Waals surface area contributed by atoms with Gasteiger partial charge in [0, 0.05) is 0 Å². The van der Waals surface area contributed by atoms with Gasteiger partial charge in [0.05, 0.1) is 0 Å². The summed E-state index contributed by atoms with van der Waals surface area (Å²) in [5.41, 5.74) is 10.1. The molecule has 0 amide bonds. The average molecular weight is 933 g/mol. The van der Waals surface area contributed by atoms with E-state index in [0.29, 0.717) is 0 Å². The molecule has 0 aliphatic rings. The van der Waals surface area contributed by atoms with Gasteiger partial charge in [0.2, 0.25) is 0 Å². The van der Waals surface area contributed by atoms with Crippen molar-refractivity contribution >= 4 is 118 Å². The molecule has 0 unspecified atom stereocenters. The monoisotopic (exact) mass is 932 g/mol. The number of hydrogen-bond donors (Lipinski definition) is 0. The van der Waals surface area contributed by atoms with Crippen LogP contribution >= 0.6 is 0 Å². The normalized spacial score (nSPS) is 12.1. The van der Waals surface area contributed by atoms with Crippen LogP contribution in [0.2, 0.25) is 0 Å². The minimum Gasteiger partial charge on any atom is -0.0616 e. The molecule has 16 aromatic rings. The molecule has 0 N–H and O–H groups in total. The van der Waals surface area contributed by atoms with Crippen molar-refractivity contribution in [1.82, 2.24) is 0 Å². The van der Waals surface area contributed by atoms with Crippen molar-refractivity contribution in [2.24, 2.45) is 0 Å². The van der Waals surface area contributed by atoms with Gasteiger partial charge in [0.15, 0.2) is 0 Å². The lowest BCUT2D eigenvalue weighted by molar-refractivity contribution is 1.68. The fourth-order valence-corrected chi connectivity index (χ4v) is 13.1. The molecule has 0 nitrogen and oxygen atoms in total. The highest BCUT2D eigenvalue weighted by molar-refractivity contribution is 6.31. The largest absolute Gasteiger partial charge is 0.0616 e. The molecule has 0 aliphatic carbocycles. The van der Waals surface area contributed by atoms with Crippen LogP contribution in [-0.4, -0.2) is 0 Å². The zero-order chi connectivity index (χ0) is 48.4. The second-order valence-electron chi connectivity index (χ2n) is 20.2. The van der Waals surface area contributed by atoms with E-state index in [-0.39, 0.29) is 0 Å². The molecule has 0 aliphatic heterocycles. The minimum absolute atomic E-state index is 1.23. The van der Waals surface area contributed by atoms with Crippen LogP contribution in [0.25, 0.3) is 163 Å². The Bertz CT molecular complexity index is 4640. The quantitative estimate of drug-likeness (QED) is 0.122. The third kappa shape index (κ3) is 5.97. The highest BCUT2D eigenvalue weighted by Crippen LogP contribution is 2.52. The van der Waals surface area contributed by atoms with E-state index in [9.17, 15) is 0 Å². The second kappa shape index (κ2) is 15.9. The first kappa shape index (κ1) is 41.0. The van der Waals surface area contributed by atoms with Gasteiger partial charge in [-0.25, -0.2) is 0 Å². The van der Waals surface area contributed by atoms with Crippen molar-refractivity contribution < 1.29 is 0 Å². The first-order chi connectivity index (χ1) is 36.7. The van der Waals surface area contributed by atoms with Gasteiger partial charge in [-0.15, -0.1) is 0 Å². The Kier molecular flexibility index (Phi) is 8.84. The Morgan fingerprint density at radius 2 is 0.338 bits per heavy atom. The van der Waals surface area contributed by atoms with Gasteiger partial charge in [-0.3, -0.25) is 0 Å². The Morgan fingerprint density at radius 3 is 0.635 bits per heavy atom. The predicted molar refractivity (Wildman–Crippen MR) is 321 cm³/mol. The van der Waals surface area contributed by atoms with E-state index >= 15 is 0 Å². The molecule has 0 radical (unpaired) electrons. The van der Waals surface area contributed by atoms with E-state index in [1.165, 1.54) is 163 Å². The molecule has 74 heavy (non-hydrogen) atoms. The van der Waals surface area contributed by atoms with Gasteiger partial charge in [-0.1, -0.05) is 231 Å². The van der Waals surface area contributed by atoms with E-state index in [4.69, 9.17) is 0 Å². The summed E-state index contributed by atoms with van der Waals surface area (Å²) in [5, 5.41) is 27.6. The highest BCUT2D eigenvalue weighted by Gasteiger charge is 2.24. The van der Waals surface area contributed by atoms with Crippen molar-refractivity contribution in [1.29, 1.82) is 0 Å². The molecular weight excluding hydrogens is 889 g/mol. The summed E-state index contributed by atoms with van der Waals surface area (Å²) in [6.45, 7) is 0. The van der Waals surface area contributed by atoms with E-state index in [0.717, 1.165) is 0 Å². The third-order valence-corrected chi connectivity index (χ3v) is 16.3. The van der Waals surface area contributed by atoms with Gasteiger partial charge in [0.25, 0.3) is 0 Å². The zero-order valence-electron chi connectivity index (χ0n) is 40.4. The van der Waals surface area contributed by atoms with Crippen molar-refractivity contribution in [2.75, 3.05) is 0 Å². The molecule has 0 saturated heterocycles. The van der Waals surface area contributed by atoms with E-state index in [2.05, 4.69) is 267 Å². The van der Waals surface area contributed by atoms with Crippen LogP contribution in [0.1, 0.15) is 0 Å². The summed E-state index contributed by atoms with van der Waals surface area (Å²) in [4.78, 5) is 0. The zero-order valence-corrected chi connectivity index (χ0v) is 40.4. The lowest BCUT2D eigenvalue weighted by atomic mass is 9.80. The summed E-state index contributed by atoms with van der Waals surface area (Å²) in [5.74, 6) is 0. The molecule has 0 fully saturated rings. The van der Waals surface area contributed by atoms with E-state index in [1.807, 2.05) is 0 Å². The maximum atomic E-state index is 2.44. The number of hydrogen-bond acceptors (Lipinski definition) is 0. The van der Waals surface area contributed by atoms with Crippen molar-refractivity contribution in [3.8, 4) is 44.5 Å². The van der Waals surface area contributed by atoms with Crippen LogP contribution in [0.5, 0.6) is 0 Å². The lowest BCUT2D eigenvalue weighted by Gasteiger charge is -2.22. The average Bonchev–Trinajstić information content (AvgIpc) is 3.49. The lowest BCUT2D eigenvalue weighted by Crippen LogP contribution is -1.95. The van der Waals surface area contributed by atoms with Crippen molar-refractivity contribution in [3.63, 3.8) is 0 Å². The molecule has 0 heterocycles. The number of rotatable bonds is 4. The van der Waals surface area contributed by atoms with Crippen LogP contribution in [0.3, 0.4) is 0 Å². The molecule has 16 aromatic carbocycles. The SMILES string of the molecule is c1ccc2cc3c(cc2c1)c(-c1c2ccccc2c(-c2ccc(-c4c5ccccc5c(-c5cc6ccccc6c6cc7ccccc7cc56)c5ccccc45)c4ccccc24)c2ccccc12)cc1ccccc13. The molecule has 0 spiro atoms. The Labute approximate surface area is 427 Å².